The number of piperazine rings is 1. The van der Waals surface area contributed by atoms with E-state index in [2.05, 4.69) is 74.2 Å². The molecule has 2 unspecified atom stereocenters. The van der Waals surface area contributed by atoms with E-state index in [1.54, 1.807) is 0 Å². The number of rotatable bonds is 4. The van der Waals surface area contributed by atoms with Gasteiger partial charge < -0.3 is 15.1 Å². The molecule has 0 saturated carbocycles. The van der Waals surface area contributed by atoms with Gasteiger partial charge >= 0.3 is 0 Å². The second-order valence-corrected chi connectivity index (χ2v) is 6.38. The predicted molar refractivity (Wildman–Crippen MR) is 88.8 cm³/mol. The normalized spacial score (nSPS) is 23.2. The van der Waals surface area contributed by atoms with E-state index >= 15 is 0 Å². The fourth-order valence-corrected chi connectivity index (χ4v) is 2.89. The highest BCUT2D eigenvalue weighted by molar-refractivity contribution is 5.56. The summed E-state index contributed by atoms with van der Waals surface area (Å²) in [7, 11) is 4.17. The van der Waals surface area contributed by atoms with Gasteiger partial charge in [-0.05, 0) is 36.6 Å². The molecule has 20 heavy (non-hydrogen) atoms. The second-order valence-electron chi connectivity index (χ2n) is 6.38. The molecule has 3 heteroatoms. The molecule has 0 amide bonds. The second kappa shape index (κ2) is 6.49. The number of anilines is 2. The first kappa shape index (κ1) is 15.2. The first-order valence-electron chi connectivity index (χ1n) is 7.80. The van der Waals surface area contributed by atoms with Crippen LogP contribution in [0.1, 0.15) is 27.2 Å². The molecular formula is C17H29N3. The zero-order valence-electron chi connectivity index (χ0n) is 13.6. The zero-order valence-corrected chi connectivity index (χ0v) is 13.6. The molecule has 0 aliphatic carbocycles. The zero-order chi connectivity index (χ0) is 14.7. The van der Waals surface area contributed by atoms with Crippen LogP contribution in [0.2, 0.25) is 0 Å². The molecule has 2 atom stereocenters. The Labute approximate surface area is 124 Å². The van der Waals surface area contributed by atoms with E-state index in [0.29, 0.717) is 18.0 Å². The molecular weight excluding hydrogens is 246 g/mol. The molecule has 1 aromatic rings. The van der Waals surface area contributed by atoms with Gasteiger partial charge in [-0.1, -0.05) is 20.8 Å². The van der Waals surface area contributed by atoms with Gasteiger partial charge in [0.15, 0.2) is 0 Å². The Kier molecular flexibility index (Phi) is 4.92. The highest BCUT2D eigenvalue weighted by Crippen LogP contribution is 2.25. The SMILES string of the molecule is CCC1CNC(C(C)C)CN1c1ccc(N(C)C)cc1. The van der Waals surface area contributed by atoms with Crippen molar-refractivity contribution in [2.45, 2.75) is 39.3 Å². The highest BCUT2D eigenvalue weighted by atomic mass is 15.2. The van der Waals surface area contributed by atoms with Gasteiger partial charge in [-0.15, -0.1) is 0 Å². The average molecular weight is 275 g/mol. The fourth-order valence-electron chi connectivity index (χ4n) is 2.89. The van der Waals surface area contributed by atoms with E-state index in [4.69, 9.17) is 0 Å². The number of benzene rings is 1. The van der Waals surface area contributed by atoms with Crippen LogP contribution >= 0.6 is 0 Å². The minimum Gasteiger partial charge on any atom is -0.378 e. The lowest BCUT2D eigenvalue weighted by molar-refractivity contribution is 0.325. The summed E-state index contributed by atoms with van der Waals surface area (Å²) in [5.41, 5.74) is 2.62. The third-order valence-electron chi connectivity index (χ3n) is 4.42. The lowest BCUT2D eigenvalue weighted by Crippen LogP contribution is -2.58. The third kappa shape index (κ3) is 3.26. The van der Waals surface area contributed by atoms with Gasteiger partial charge in [-0.25, -0.2) is 0 Å². The van der Waals surface area contributed by atoms with Crippen molar-refractivity contribution in [2.24, 2.45) is 5.92 Å². The van der Waals surface area contributed by atoms with Gasteiger partial charge in [0.05, 0.1) is 0 Å². The van der Waals surface area contributed by atoms with E-state index < -0.39 is 0 Å². The summed E-state index contributed by atoms with van der Waals surface area (Å²) in [6, 6.07) is 10.2. The molecule has 0 aromatic heterocycles. The van der Waals surface area contributed by atoms with Crippen LogP contribution in [-0.2, 0) is 0 Å². The molecule has 1 aliphatic rings. The summed E-state index contributed by atoms with van der Waals surface area (Å²) in [6.45, 7) is 9.09. The van der Waals surface area contributed by atoms with Crippen LogP contribution in [0.15, 0.2) is 24.3 Å². The molecule has 112 valence electrons. The van der Waals surface area contributed by atoms with Crippen LogP contribution in [0.3, 0.4) is 0 Å². The Bertz CT molecular complexity index is 411. The monoisotopic (exact) mass is 275 g/mol. The van der Waals surface area contributed by atoms with E-state index in [1.165, 1.54) is 17.8 Å². The molecule has 1 N–H and O–H groups in total. The van der Waals surface area contributed by atoms with E-state index in [1.807, 2.05) is 0 Å². The van der Waals surface area contributed by atoms with Crippen molar-refractivity contribution in [1.82, 2.24) is 5.32 Å². The summed E-state index contributed by atoms with van der Waals surface area (Å²) in [5, 5.41) is 3.70. The minimum absolute atomic E-state index is 0.589. The maximum absolute atomic E-state index is 3.70. The molecule has 0 spiro atoms. The summed E-state index contributed by atoms with van der Waals surface area (Å²) in [5.74, 6) is 0.677. The van der Waals surface area contributed by atoms with Crippen molar-refractivity contribution >= 4 is 11.4 Å². The average Bonchev–Trinajstić information content (AvgIpc) is 2.46. The van der Waals surface area contributed by atoms with Crippen LogP contribution in [0.25, 0.3) is 0 Å². The summed E-state index contributed by atoms with van der Waals surface area (Å²) in [6.07, 6.45) is 1.19. The van der Waals surface area contributed by atoms with Crippen LogP contribution in [0.4, 0.5) is 11.4 Å². The number of nitrogens with one attached hydrogen (secondary N) is 1. The summed E-state index contributed by atoms with van der Waals surface area (Å²) < 4.78 is 0. The van der Waals surface area contributed by atoms with Crippen molar-refractivity contribution in [3.05, 3.63) is 24.3 Å². The Morgan fingerprint density at radius 1 is 1.25 bits per heavy atom. The van der Waals surface area contributed by atoms with Crippen LogP contribution < -0.4 is 15.1 Å². The summed E-state index contributed by atoms with van der Waals surface area (Å²) in [4.78, 5) is 4.73. The lowest BCUT2D eigenvalue weighted by atomic mass is 9.97. The van der Waals surface area contributed by atoms with Gasteiger partial charge in [0, 0.05) is 50.6 Å². The van der Waals surface area contributed by atoms with Crippen molar-refractivity contribution in [3.8, 4) is 0 Å². The molecule has 1 fully saturated rings. The maximum Gasteiger partial charge on any atom is 0.0412 e. The van der Waals surface area contributed by atoms with Gasteiger partial charge in [0.1, 0.15) is 0 Å². The molecule has 1 saturated heterocycles. The smallest absolute Gasteiger partial charge is 0.0412 e. The molecule has 0 radical (unpaired) electrons. The first-order chi connectivity index (χ1) is 9.52. The largest absolute Gasteiger partial charge is 0.378 e. The standard InChI is InChI=1S/C17H29N3/c1-6-14-11-18-17(13(2)3)12-20(14)16-9-7-15(8-10-16)19(4)5/h7-10,13-14,17-18H,6,11-12H2,1-5H3. The third-order valence-corrected chi connectivity index (χ3v) is 4.42. The van der Waals surface area contributed by atoms with Crippen molar-refractivity contribution in [3.63, 3.8) is 0 Å². The molecule has 1 aromatic carbocycles. The lowest BCUT2D eigenvalue weighted by Gasteiger charge is -2.43. The van der Waals surface area contributed by atoms with E-state index in [0.717, 1.165) is 13.1 Å². The van der Waals surface area contributed by atoms with Crippen LogP contribution in [0.5, 0.6) is 0 Å². The molecule has 2 rings (SSSR count). The predicted octanol–water partition coefficient (Wildman–Crippen LogP) is 2.97. The molecule has 0 bridgehead atoms. The van der Waals surface area contributed by atoms with Crippen LogP contribution in [-0.4, -0.2) is 39.3 Å². The highest BCUT2D eigenvalue weighted by Gasteiger charge is 2.28. The van der Waals surface area contributed by atoms with E-state index in [-0.39, 0.29) is 0 Å². The van der Waals surface area contributed by atoms with E-state index in [9.17, 15) is 0 Å². The van der Waals surface area contributed by atoms with Crippen molar-refractivity contribution in [1.29, 1.82) is 0 Å². The Morgan fingerprint density at radius 3 is 2.40 bits per heavy atom. The fraction of sp³-hybridized carbons (Fsp3) is 0.647. The molecule has 1 heterocycles. The number of nitrogens with zero attached hydrogens (tertiary/aromatic N) is 2. The quantitative estimate of drug-likeness (QED) is 0.911. The Hall–Kier alpha value is -1.22. The Balaban J connectivity index is 2.17. The first-order valence-corrected chi connectivity index (χ1v) is 7.80. The summed E-state index contributed by atoms with van der Waals surface area (Å²) >= 11 is 0. The van der Waals surface area contributed by atoms with Gasteiger partial charge in [-0.3, -0.25) is 0 Å². The topological polar surface area (TPSA) is 18.5 Å². The number of hydrogen-bond acceptors (Lipinski definition) is 3. The van der Waals surface area contributed by atoms with Crippen molar-refractivity contribution < 1.29 is 0 Å². The maximum atomic E-state index is 3.70. The molecule has 1 aliphatic heterocycles. The molecule has 3 nitrogen and oxygen atoms in total. The van der Waals surface area contributed by atoms with Gasteiger partial charge in [0.25, 0.3) is 0 Å². The minimum atomic E-state index is 0.589. The van der Waals surface area contributed by atoms with Gasteiger partial charge in [0.2, 0.25) is 0 Å². The van der Waals surface area contributed by atoms with Gasteiger partial charge in [-0.2, -0.15) is 0 Å². The van der Waals surface area contributed by atoms with Crippen molar-refractivity contribution in [2.75, 3.05) is 37.0 Å². The number of hydrogen-bond donors (Lipinski definition) is 1. The van der Waals surface area contributed by atoms with Crippen LogP contribution in [0, 0.1) is 5.92 Å². The Morgan fingerprint density at radius 2 is 1.90 bits per heavy atom.